The first-order valence-corrected chi connectivity index (χ1v) is 13.5. The minimum absolute atomic E-state index is 0.0439. The van der Waals surface area contributed by atoms with Gasteiger partial charge in [-0.1, -0.05) is 42.5 Å². The predicted octanol–water partition coefficient (Wildman–Crippen LogP) is 6.04. The van der Waals surface area contributed by atoms with Gasteiger partial charge in [-0.25, -0.2) is 0 Å². The van der Waals surface area contributed by atoms with Crippen molar-refractivity contribution in [2.45, 2.75) is 31.8 Å². The molecule has 0 spiro atoms. The highest BCUT2D eigenvalue weighted by atomic mass is 16.5. The Kier molecular flexibility index (Phi) is 8.12. The fourth-order valence-corrected chi connectivity index (χ4v) is 5.69. The first-order chi connectivity index (χ1) is 19.5. The molecule has 0 saturated carbocycles. The van der Waals surface area contributed by atoms with E-state index in [-0.39, 0.29) is 18.0 Å². The Bertz CT molecular complexity index is 1510. The molecule has 0 aliphatic carbocycles. The third-order valence-electron chi connectivity index (χ3n) is 7.85. The van der Waals surface area contributed by atoms with Gasteiger partial charge in [0, 0.05) is 23.7 Å². The number of nitrogens with one attached hydrogen (secondary N) is 1. The number of ether oxygens (including phenoxy) is 4. The van der Waals surface area contributed by atoms with Gasteiger partial charge in [-0.2, -0.15) is 0 Å². The minimum Gasteiger partial charge on any atom is -0.493 e. The highest BCUT2D eigenvalue weighted by Gasteiger charge is 2.35. The lowest BCUT2D eigenvalue weighted by molar-refractivity contribution is -0.121. The number of methoxy groups -OCH3 is 4. The standard InChI is InChI=1S/C33H36N2O5/c1-21(33(36)34-27-12-8-10-23-9-6-7-11-25(23)27)35-16-15-24-19-31(39-4)32(40-5)20-26(24)28(35)17-22-13-14-29(37-2)30(18-22)38-3/h6-14,18-21,28H,15-17H2,1-5H3,(H,34,36). The zero-order valence-electron chi connectivity index (χ0n) is 23.7. The summed E-state index contributed by atoms with van der Waals surface area (Å²) in [6.45, 7) is 2.71. The molecule has 0 fully saturated rings. The van der Waals surface area contributed by atoms with Gasteiger partial charge in [-0.15, -0.1) is 0 Å². The van der Waals surface area contributed by atoms with Crippen LogP contribution in [0.25, 0.3) is 10.8 Å². The van der Waals surface area contributed by atoms with E-state index in [9.17, 15) is 4.79 Å². The van der Waals surface area contributed by atoms with Crippen LogP contribution in [-0.2, 0) is 17.6 Å². The number of carbonyl (C=O) groups excluding carboxylic acids is 1. The molecule has 1 aliphatic rings. The largest absolute Gasteiger partial charge is 0.493 e. The Morgan fingerprint density at radius 2 is 1.52 bits per heavy atom. The SMILES string of the molecule is COc1ccc(CC2c3cc(OC)c(OC)cc3CCN2C(C)C(=O)Nc2cccc3ccccc23)cc1OC. The number of rotatable bonds is 9. The maximum Gasteiger partial charge on any atom is 0.241 e. The van der Waals surface area contributed by atoms with Gasteiger partial charge in [0.05, 0.1) is 34.5 Å². The molecule has 0 bridgehead atoms. The van der Waals surface area contributed by atoms with Gasteiger partial charge in [-0.3, -0.25) is 9.69 Å². The molecule has 1 amide bonds. The van der Waals surface area contributed by atoms with Crippen LogP contribution in [0.3, 0.4) is 0 Å². The molecule has 4 aromatic rings. The average molecular weight is 541 g/mol. The second-order valence-electron chi connectivity index (χ2n) is 10.00. The number of nitrogens with zero attached hydrogens (tertiary/aromatic N) is 1. The molecule has 1 N–H and O–H groups in total. The number of anilines is 1. The lowest BCUT2D eigenvalue weighted by Crippen LogP contribution is -2.47. The fourth-order valence-electron chi connectivity index (χ4n) is 5.69. The maximum absolute atomic E-state index is 13.7. The Labute approximate surface area is 235 Å². The van der Waals surface area contributed by atoms with Crippen molar-refractivity contribution in [1.82, 2.24) is 4.90 Å². The smallest absolute Gasteiger partial charge is 0.241 e. The molecule has 0 saturated heterocycles. The van der Waals surface area contributed by atoms with E-state index in [1.165, 1.54) is 5.56 Å². The fraction of sp³-hybridized carbons (Fsp3) is 0.303. The van der Waals surface area contributed by atoms with Crippen molar-refractivity contribution in [3.05, 3.63) is 89.5 Å². The average Bonchev–Trinajstić information content (AvgIpc) is 3.00. The first-order valence-electron chi connectivity index (χ1n) is 13.5. The molecule has 0 radical (unpaired) electrons. The summed E-state index contributed by atoms with van der Waals surface area (Å²) in [6, 6.07) is 23.7. The monoisotopic (exact) mass is 540 g/mol. The normalized spacial score (nSPS) is 15.7. The van der Waals surface area contributed by atoms with E-state index >= 15 is 0 Å². The van der Waals surface area contributed by atoms with E-state index in [0.29, 0.717) is 29.4 Å². The van der Waals surface area contributed by atoms with Crippen molar-refractivity contribution in [2.75, 3.05) is 40.3 Å². The van der Waals surface area contributed by atoms with Crippen LogP contribution in [0.5, 0.6) is 23.0 Å². The van der Waals surface area contributed by atoms with Crippen LogP contribution in [0.4, 0.5) is 5.69 Å². The summed E-state index contributed by atoms with van der Waals surface area (Å²) >= 11 is 0. The summed E-state index contributed by atoms with van der Waals surface area (Å²) in [5, 5.41) is 5.31. The number of carbonyl (C=O) groups is 1. The van der Waals surface area contributed by atoms with Gasteiger partial charge in [0.25, 0.3) is 0 Å². The molecule has 4 aromatic carbocycles. The zero-order chi connectivity index (χ0) is 28.2. The zero-order valence-corrected chi connectivity index (χ0v) is 23.7. The second-order valence-corrected chi connectivity index (χ2v) is 10.00. The number of hydrogen-bond donors (Lipinski definition) is 1. The van der Waals surface area contributed by atoms with E-state index in [2.05, 4.69) is 40.5 Å². The number of fused-ring (bicyclic) bond motifs is 2. The number of amides is 1. The second kappa shape index (κ2) is 11.9. The first kappa shape index (κ1) is 27.3. The van der Waals surface area contributed by atoms with Crippen molar-refractivity contribution in [3.8, 4) is 23.0 Å². The molecule has 5 rings (SSSR count). The van der Waals surface area contributed by atoms with E-state index in [1.807, 2.05) is 49.4 Å². The van der Waals surface area contributed by atoms with E-state index in [4.69, 9.17) is 18.9 Å². The Morgan fingerprint density at radius 3 is 2.27 bits per heavy atom. The lowest BCUT2D eigenvalue weighted by atomic mass is 9.87. The highest BCUT2D eigenvalue weighted by molar-refractivity contribution is 6.03. The van der Waals surface area contributed by atoms with Crippen LogP contribution < -0.4 is 24.3 Å². The van der Waals surface area contributed by atoms with Crippen LogP contribution in [0.1, 0.15) is 29.7 Å². The van der Waals surface area contributed by atoms with E-state index in [1.54, 1.807) is 28.4 Å². The van der Waals surface area contributed by atoms with Crippen molar-refractivity contribution < 1.29 is 23.7 Å². The van der Waals surface area contributed by atoms with Crippen molar-refractivity contribution in [3.63, 3.8) is 0 Å². The summed E-state index contributed by atoms with van der Waals surface area (Å²) in [7, 11) is 6.57. The van der Waals surface area contributed by atoms with Crippen LogP contribution >= 0.6 is 0 Å². The third-order valence-corrected chi connectivity index (χ3v) is 7.85. The van der Waals surface area contributed by atoms with Gasteiger partial charge < -0.3 is 24.3 Å². The summed E-state index contributed by atoms with van der Waals surface area (Å²) in [5.74, 6) is 2.70. The van der Waals surface area contributed by atoms with Crippen molar-refractivity contribution in [2.24, 2.45) is 0 Å². The Balaban J connectivity index is 1.50. The molecule has 0 aromatic heterocycles. The van der Waals surface area contributed by atoms with Gasteiger partial charge in [0.1, 0.15) is 0 Å². The van der Waals surface area contributed by atoms with Crippen LogP contribution in [0.15, 0.2) is 72.8 Å². The number of hydrogen-bond acceptors (Lipinski definition) is 6. The Hall–Kier alpha value is -4.23. The topological polar surface area (TPSA) is 69.3 Å². The van der Waals surface area contributed by atoms with Gasteiger partial charge in [-0.05, 0) is 72.2 Å². The molecule has 2 atom stereocenters. The summed E-state index contributed by atoms with van der Waals surface area (Å²) in [6.07, 6.45) is 1.47. The van der Waals surface area contributed by atoms with E-state index in [0.717, 1.165) is 40.6 Å². The van der Waals surface area contributed by atoms with Crippen LogP contribution in [0.2, 0.25) is 0 Å². The molecule has 2 unspecified atom stereocenters. The molecular weight excluding hydrogens is 504 g/mol. The maximum atomic E-state index is 13.7. The van der Waals surface area contributed by atoms with E-state index < -0.39 is 0 Å². The minimum atomic E-state index is -0.384. The molecule has 1 heterocycles. The molecule has 40 heavy (non-hydrogen) atoms. The number of benzene rings is 4. The van der Waals surface area contributed by atoms with Gasteiger partial charge >= 0.3 is 0 Å². The molecular formula is C33H36N2O5. The lowest BCUT2D eigenvalue weighted by Gasteiger charge is -2.41. The summed E-state index contributed by atoms with van der Waals surface area (Å²) in [4.78, 5) is 16.0. The van der Waals surface area contributed by atoms with Gasteiger partial charge in [0.2, 0.25) is 5.91 Å². The molecule has 7 heteroatoms. The summed E-state index contributed by atoms with van der Waals surface area (Å²) < 4.78 is 22.3. The predicted molar refractivity (Wildman–Crippen MR) is 158 cm³/mol. The highest BCUT2D eigenvalue weighted by Crippen LogP contribution is 2.41. The molecule has 7 nitrogen and oxygen atoms in total. The van der Waals surface area contributed by atoms with Crippen molar-refractivity contribution >= 4 is 22.4 Å². The van der Waals surface area contributed by atoms with Crippen molar-refractivity contribution in [1.29, 1.82) is 0 Å². The van der Waals surface area contributed by atoms with Crippen LogP contribution in [-0.4, -0.2) is 51.8 Å². The third kappa shape index (κ3) is 5.29. The van der Waals surface area contributed by atoms with Crippen LogP contribution in [0, 0.1) is 0 Å². The Morgan fingerprint density at radius 1 is 0.850 bits per heavy atom. The van der Waals surface area contributed by atoms with Gasteiger partial charge in [0.15, 0.2) is 23.0 Å². The molecule has 208 valence electrons. The molecule has 1 aliphatic heterocycles. The summed E-state index contributed by atoms with van der Waals surface area (Å²) in [5.41, 5.74) is 4.22. The quantitative estimate of drug-likeness (QED) is 0.279.